The van der Waals surface area contributed by atoms with Crippen molar-refractivity contribution >= 4 is 23.4 Å². The Morgan fingerprint density at radius 3 is 2.67 bits per heavy atom. The highest BCUT2D eigenvalue weighted by Gasteiger charge is 2.20. The maximum absolute atomic E-state index is 6.20. The zero-order chi connectivity index (χ0) is 14.7. The van der Waals surface area contributed by atoms with Crippen molar-refractivity contribution in [1.29, 1.82) is 0 Å². The summed E-state index contributed by atoms with van der Waals surface area (Å²) in [6.45, 7) is 3.19. The molecule has 1 saturated carbocycles. The van der Waals surface area contributed by atoms with Crippen LogP contribution in [-0.2, 0) is 12.3 Å². The van der Waals surface area contributed by atoms with E-state index >= 15 is 0 Å². The molecule has 1 aliphatic rings. The molecule has 1 N–H and O–H groups in total. The van der Waals surface area contributed by atoms with Crippen LogP contribution >= 0.6 is 23.4 Å². The van der Waals surface area contributed by atoms with Crippen LogP contribution in [0.2, 0.25) is 5.02 Å². The average molecular weight is 318 g/mol. The standard InChI is InChI=1S/C18H20ClNS/c1-13-10-17(9-6-14(13)11-20-16-7-8-16)21-12-15-4-2-3-5-18(15)19/h2-6,9-10,16,20H,7-8,11-12H2,1H3. The van der Waals surface area contributed by atoms with Gasteiger partial charge >= 0.3 is 0 Å². The minimum atomic E-state index is 0.763. The predicted octanol–water partition coefficient (Wildman–Crippen LogP) is 5.19. The van der Waals surface area contributed by atoms with Crippen molar-refractivity contribution in [2.24, 2.45) is 0 Å². The fourth-order valence-electron chi connectivity index (χ4n) is 2.27. The normalized spacial score (nSPS) is 14.4. The molecular weight excluding hydrogens is 298 g/mol. The number of hydrogen-bond donors (Lipinski definition) is 1. The van der Waals surface area contributed by atoms with Crippen LogP contribution in [0.15, 0.2) is 47.4 Å². The molecule has 3 rings (SSSR count). The molecule has 1 aliphatic carbocycles. The van der Waals surface area contributed by atoms with E-state index in [0.29, 0.717) is 0 Å². The molecule has 2 aromatic carbocycles. The SMILES string of the molecule is Cc1cc(SCc2ccccc2Cl)ccc1CNC1CC1. The van der Waals surface area contributed by atoms with Gasteiger partial charge in [-0.25, -0.2) is 0 Å². The summed E-state index contributed by atoms with van der Waals surface area (Å²) in [6.07, 6.45) is 2.68. The molecule has 1 nitrogen and oxygen atoms in total. The second-order valence-electron chi connectivity index (χ2n) is 5.62. The third kappa shape index (κ3) is 4.26. The van der Waals surface area contributed by atoms with Crippen LogP contribution in [0.4, 0.5) is 0 Å². The number of rotatable bonds is 6. The van der Waals surface area contributed by atoms with E-state index in [1.165, 1.54) is 34.4 Å². The quantitative estimate of drug-likeness (QED) is 0.736. The average Bonchev–Trinajstić information content (AvgIpc) is 3.30. The number of nitrogens with one attached hydrogen (secondary N) is 1. The molecule has 21 heavy (non-hydrogen) atoms. The lowest BCUT2D eigenvalue weighted by Crippen LogP contribution is -2.15. The van der Waals surface area contributed by atoms with E-state index in [0.717, 1.165) is 23.4 Å². The van der Waals surface area contributed by atoms with Gasteiger partial charge in [0.25, 0.3) is 0 Å². The number of hydrogen-bond acceptors (Lipinski definition) is 2. The zero-order valence-corrected chi connectivity index (χ0v) is 13.8. The fourth-order valence-corrected chi connectivity index (χ4v) is 3.55. The summed E-state index contributed by atoms with van der Waals surface area (Å²) >= 11 is 8.04. The van der Waals surface area contributed by atoms with Gasteiger partial charge in [0.15, 0.2) is 0 Å². The highest BCUT2D eigenvalue weighted by molar-refractivity contribution is 7.98. The molecule has 2 aromatic rings. The highest BCUT2D eigenvalue weighted by Crippen LogP contribution is 2.28. The Morgan fingerprint density at radius 2 is 1.95 bits per heavy atom. The molecule has 3 heteroatoms. The first-order valence-electron chi connectivity index (χ1n) is 7.41. The van der Waals surface area contributed by atoms with E-state index < -0.39 is 0 Å². The molecule has 0 spiro atoms. The maximum Gasteiger partial charge on any atom is 0.0446 e. The minimum Gasteiger partial charge on any atom is -0.310 e. The second-order valence-corrected chi connectivity index (χ2v) is 7.08. The van der Waals surface area contributed by atoms with Crippen molar-refractivity contribution in [2.45, 2.75) is 43.0 Å². The summed E-state index contributed by atoms with van der Waals surface area (Å²) in [7, 11) is 0. The first kappa shape index (κ1) is 15.0. The van der Waals surface area contributed by atoms with Gasteiger partial charge in [0, 0.05) is 28.3 Å². The largest absolute Gasteiger partial charge is 0.310 e. The summed E-state index contributed by atoms with van der Waals surface area (Å²) in [5.41, 5.74) is 3.97. The smallest absolute Gasteiger partial charge is 0.0446 e. The summed E-state index contributed by atoms with van der Waals surface area (Å²) in [6, 6.07) is 15.6. The zero-order valence-electron chi connectivity index (χ0n) is 12.2. The molecule has 0 atom stereocenters. The van der Waals surface area contributed by atoms with E-state index in [1.807, 2.05) is 30.0 Å². The molecule has 0 amide bonds. The van der Waals surface area contributed by atoms with Crippen LogP contribution in [0, 0.1) is 6.92 Å². The maximum atomic E-state index is 6.20. The van der Waals surface area contributed by atoms with Gasteiger partial charge < -0.3 is 5.32 Å². The lowest BCUT2D eigenvalue weighted by atomic mass is 10.1. The minimum absolute atomic E-state index is 0.763. The Bertz CT molecular complexity index is 622. The van der Waals surface area contributed by atoms with E-state index in [2.05, 4.69) is 36.5 Å². The van der Waals surface area contributed by atoms with Crippen molar-refractivity contribution in [2.75, 3.05) is 0 Å². The first-order valence-corrected chi connectivity index (χ1v) is 8.78. The molecule has 0 saturated heterocycles. The summed E-state index contributed by atoms with van der Waals surface area (Å²) < 4.78 is 0. The Balaban J connectivity index is 1.60. The van der Waals surface area contributed by atoms with Crippen LogP contribution in [-0.4, -0.2) is 6.04 Å². The predicted molar refractivity (Wildman–Crippen MR) is 92.1 cm³/mol. The van der Waals surface area contributed by atoms with Crippen LogP contribution < -0.4 is 5.32 Å². The molecule has 1 fully saturated rings. The molecule has 0 unspecified atom stereocenters. The second kappa shape index (κ2) is 6.87. The summed E-state index contributed by atoms with van der Waals surface area (Å²) in [5.74, 6) is 0.915. The molecular formula is C18H20ClNS. The van der Waals surface area contributed by atoms with Gasteiger partial charge in [-0.05, 0) is 54.7 Å². The third-order valence-corrected chi connectivity index (χ3v) is 5.24. The van der Waals surface area contributed by atoms with Crippen LogP contribution in [0.25, 0.3) is 0 Å². The van der Waals surface area contributed by atoms with Crippen molar-refractivity contribution in [3.8, 4) is 0 Å². The molecule has 0 aromatic heterocycles. The molecule has 110 valence electrons. The number of benzene rings is 2. The number of aryl methyl sites for hydroxylation is 1. The summed E-state index contributed by atoms with van der Waals surface area (Å²) in [5, 5.41) is 4.43. The van der Waals surface area contributed by atoms with Crippen molar-refractivity contribution in [1.82, 2.24) is 5.32 Å². The molecule has 0 radical (unpaired) electrons. The van der Waals surface area contributed by atoms with Gasteiger partial charge in [0.05, 0.1) is 0 Å². The van der Waals surface area contributed by atoms with Crippen LogP contribution in [0.5, 0.6) is 0 Å². The summed E-state index contributed by atoms with van der Waals surface area (Å²) in [4.78, 5) is 1.31. The van der Waals surface area contributed by atoms with Crippen molar-refractivity contribution < 1.29 is 0 Å². The first-order chi connectivity index (χ1) is 10.2. The van der Waals surface area contributed by atoms with E-state index in [4.69, 9.17) is 11.6 Å². The van der Waals surface area contributed by atoms with Gasteiger partial charge in [-0.3, -0.25) is 0 Å². The van der Waals surface area contributed by atoms with Crippen LogP contribution in [0.1, 0.15) is 29.5 Å². The number of thioether (sulfide) groups is 1. The monoisotopic (exact) mass is 317 g/mol. The lowest BCUT2D eigenvalue weighted by Gasteiger charge is -2.10. The van der Waals surface area contributed by atoms with E-state index in [9.17, 15) is 0 Å². The van der Waals surface area contributed by atoms with Gasteiger partial charge in [-0.1, -0.05) is 35.9 Å². The van der Waals surface area contributed by atoms with E-state index in [1.54, 1.807) is 0 Å². The molecule has 0 aliphatic heterocycles. The molecule has 0 bridgehead atoms. The van der Waals surface area contributed by atoms with Gasteiger partial charge in [0.2, 0.25) is 0 Å². The third-order valence-electron chi connectivity index (χ3n) is 3.82. The van der Waals surface area contributed by atoms with E-state index in [-0.39, 0.29) is 0 Å². The lowest BCUT2D eigenvalue weighted by molar-refractivity contribution is 0.685. The van der Waals surface area contributed by atoms with Crippen LogP contribution in [0.3, 0.4) is 0 Å². The Labute approximate surface area is 136 Å². The van der Waals surface area contributed by atoms with Gasteiger partial charge in [-0.15, -0.1) is 11.8 Å². The Kier molecular flexibility index (Phi) is 4.89. The fraction of sp³-hybridized carbons (Fsp3) is 0.333. The Morgan fingerprint density at radius 1 is 1.14 bits per heavy atom. The Hall–Kier alpha value is -0.960. The van der Waals surface area contributed by atoms with Crippen molar-refractivity contribution in [3.63, 3.8) is 0 Å². The van der Waals surface area contributed by atoms with Gasteiger partial charge in [0.1, 0.15) is 0 Å². The highest BCUT2D eigenvalue weighted by atomic mass is 35.5. The van der Waals surface area contributed by atoms with Crippen molar-refractivity contribution in [3.05, 3.63) is 64.2 Å². The topological polar surface area (TPSA) is 12.0 Å². The molecule has 0 heterocycles. The number of halogens is 1. The van der Waals surface area contributed by atoms with Gasteiger partial charge in [-0.2, -0.15) is 0 Å².